The van der Waals surface area contributed by atoms with Crippen LogP contribution in [-0.4, -0.2) is 78.8 Å². The van der Waals surface area contributed by atoms with E-state index in [0.717, 1.165) is 0 Å². The number of thiol groups is 1. The number of hydrogen-bond donors (Lipinski definition) is 2. The van der Waals surface area contributed by atoms with Gasteiger partial charge in [-0.15, -0.1) is 0 Å². The molecule has 13 nitrogen and oxygen atoms in total. The van der Waals surface area contributed by atoms with Gasteiger partial charge in [0.1, 0.15) is 12.3 Å². The summed E-state index contributed by atoms with van der Waals surface area (Å²) >= 11 is 0. The Labute approximate surface area is 276 Å². The number of nitro benzene ring substituents is 1. The van der Waals surface area contributed by atoms with Gasteiger partial charge < -0.3 is 23.6 Å². The predicted molar refractivity (Wildman–Crippen MR) is 180 cm³/mol. The number of hydrogen-bond acceptors (Lipinski definition) is 10. The molecule has 2 aliphatic heterocycles. The minimum atomic E-state index is -3.32. The van der Waals surface area contributed by atoms with E-state index in [0.29, 0.717) is 18.6 Å². The molecule has 2 heterocycles. The number of nitro groups is 1. The first-order valence-corrected chi connectivity index (χ1v) is 22.4. The molecule has 1 saturated heterocycles. The Kier molecular flexibility index (Phi) is 12.1. The molecule has 0 aliphatic carbocycles. The van der Waals surface area contributed by atoms with Crippen LogP contribution in [0, 0.1) is 10.1 Å². The lowest BCUT2D eigenvalue weighted by molar-refractivity contribution is -0.386. The quantitative estimate of drug-likeness (QED) is 0.109. The lowest BCUT2D eigenvalue weighted by Gasteiger charge is -2.40. The fourth-order valence-corrected chi connectivity index (χ4v) is 7.34. The average molecular weight is 702 g/mol. The second-order valence-corrected chi connectivity index (χ2v) is 25.1. The first-order chi connectivity index (χ1) is 21.0. The van der Waals surface area contributed by atoms with E-state index in [-0.39, 0.29) is 34.0 Å². The van der Waals surface area contributed by atoms with E-state index < -0.39 is 63.2 Å². The Morgan fingerprint density at radius 2 is 1.70 bits per heavy atom. The van der Waals surface area contributed by atoms with Crippen molar-refractivity contribution in [1.82, 2.24) is 10.2 Å². The first-order valence-electron chi connectivity index (χ1n) is 15.5. The molecule has 3 unspecified atom stereocenters. The maximum atomic E-state index is 13.3. The number of ether oxygens (including phenoxy) is 2. The molecule has 1 aromatic carbocycles. The predicted octanol–water partition coefficient (Wildman–Crippen LogP) is 5.98. The summed E-state index contributed by atoms with van der Waals surface area (Å²) < 4.78 is 53.9. The number of para-hydroxylation sites is 1. The Bertz CT molecular complexity index is 1370. The Morgan fingerprint density at radius 3 is 2.26 bits per heavy atom. The minimum absolute atomic E-state index is 0.0138. The molecule has 46 heavy (non-hydrogen) atoms. The van der Waals surface area contributed by atoms with Crippen molar-refractivity contribution < 1.29 is 40.6 Å². The third-order valence-corrected chi connectivity index (χ3v) is 18.9. The molecule has 1 N–H and O–H groups in total. The second kappa shape index (κ2) is 14.5. The molecule has 3 rings (SSSR count). The average Bonchev–Trinajstić information content (AvgIpc) is 3.31. The van der Waals surface area contributed by atoms with Gasteiger partial charge in [-0.05, 0) is 49.3 Å². The normalized spacial score (nSPS) is 23.8. The first kappa shape index (κ1) is 38.3. The molecule has 0 spiro atoms. The molecule has 2 aliphatic rings. The van der Waals surface area contributed by atoms with E-state index in [1.165, 1.54) is 17.2 Å². The van der Waals surface area contributed by atoms with E-state index in [1.807, 2.05) is 0 Å². The molecular formula is C30H51N3O10SSi2. The van der Waals surface area contributed by atoms with E-state index >= 15 is 0 Å². The van der Waals surface area contributed by atoms with Gasteiger partial charge in [-0.2, -0.15) is 0 Å². The number of rotatable bonds is 13. The van der Waals surface area contributed by atoms with Gasteiger partial charge in [0.15, 0.2) is 22.9 Å². The van der Waals surface area contributed by atoms with Crippen molar-refractivity contribution in [3.8, 4) is 0 Å². The van der Waals surface area contributed by atoms with Crippen molar-refractivity contribution in [2.75, 3.05) is 13.2 Å². The SMILES string of the molecule is CC(OCC1=CN([C@H]2CC(O[Si](C)(C)C(C)(C)C)[C@@H](CO[Si](C)(C)C(C)(C)C)O2)C(=O)NC1O[SH](=O)=O)c1ccccc1[N+](=O)[O-]. The number of benzene rings is 1. The zero-order valence-corrected chi connectivity index (χ0v) is 31.7. The van der Waals surface area contributed by atoms with Crippen LogP contribution in [0.1, 0.15) is 66.6 Å². The van der Waals surface area contributed by atoms with Crippen molar-refractivity contribution >= 4 is 39.3 Å². The van der Waals surface area contributed by atoms with Gasteiger partial charge in [0, 0.05) is 24.3 Å². The highest BCUT2D eigenvalue weighted by atomic mass is 32.2. The number of nitrogens with zero attached hydrogens (tertiary/aromatic N) is 2. The number of nitrogens with one attached hydrogen (secondary N) is 1. The third-order valence-electron chi connectivity index (χ3n) is 9.55. The van der Waals surface area contributed by atoms with Gasteiger partial charge in [0.25, 0.3) is 16.7 Å². The van der Waals surface area contributed by atoms with Gasteiger partial charge in [-0.25, -0.2) is 17.4 Å². The Hall–Kier alpha value is -2.19. The zero-order valence-electron chi connectivity index (χ0n) is 28.8. The summed E-state index contributed by atoms with van der Waals surface area (Å²) in [5.41, 5.74) is 0.540. The van der Waals surface area contributed by atoms with Gasteiger partial charge >= 0.3 is 6.03 Å². The van der Waals surface area contributed by atoms with E-state index in [2.05, 4.69) is 73.0 Å². The second-order valence-electron chi connectivity index (χ2n) is 14.9. The van der Waals surface area contributed by atoms with Crippen molar-refractivity contribution in [2.45, 2.75) is 122 Å². The molecule has 5 atom stereocenters. The molecular weight excluding hydrogens is 651 g/mol. The monoisotopic (exact) mass is 701 g/mol. The van der Waals surface area contributed by atoms with E-state index in [4.69, 9.17) is 22.5 Å². The molecule has 1 aromatic rings. The summed E-state index contributed by atoms with van der Waals surface area (Å²) in [5.74, 6) is 0. The standard InChI is InChI=1S/C30H51N3O10SSi2/c1-20(22-14-12-13-15-23(22)33(35)36)39-18-21-17-32(28(34)31-27(21)42-44(37)38)26-16-24(43-46(10,11)30(5,6)7)25(41-26)19-40-45(8,9)29(2,3)4/h12-15,17,20,24-27,44H,16,18-19H2,1-11H3,(H,31,34)/t20?,24?,25-,26-,27?/m1/s1. The zero-order chi connectivity index (χ0) is 34.8. The molecule has 0 aromatic heterocycles. The molecule has 16 heteroatoms. The summed E-state index contributed by atoms with van der Waals surface area (Å²) in [6, 6.07) is 5.60. The molecule has 2 amide bonds. The Balaban J connectivity index is 1.90. The Morgan fingerprint density at radius 1 is 1.09 bits per heavy atom. The van der Waals surface area contributed by atoms with Crippen LogP contribution in [0.4, 0.5) is 10.5 Å². The van der Waals surface area contributed by atoms with E-state index in [1.54, 1.807) is 25.1 Å². The van der Waals surface area contributed by atoms with Crippen LogP contribution in [0.5, 0.6) is 0 Å². The largest absolute Gasteiger partial charge is 0.414 e. The number of amides is 2. The summed E-state index contributed by atoms with van der Waals surface area (Å²) in [5, 5.41) is 14.1. The van der Waals surface area contributed by atoms with Crippen LogP contribution in [-0.2, 0) is 33.5 Å². The highest BCUT2D eigenvalue weighted by molar-refractivity contribution is 7.67. The summed E-state index contributed by atoms with van der Waals surface area (Å²) in [6.07, 6.45) is -1.74. The fraction of sp³-hybridized carbons (Fsp3) is 0.700. The van der Waals surface area contributed by atoms with Gasteiger partial charge in [0.2, 0.25) is 0 Å². The molecule has 0 bridgehead atoms. The van der Waals surface area contributed by atoms with Crippen LogP contribution in [0.2, 0.25) is 36.3 Å². The van der Waals surface area contributed by atoms with Crippen LogP contribution < -0.4 is 5.32 Å². The van der Waals surface area contributed by atoms with E-state index in [9.17, 15) is 23.3 Å². The highest BCUT2D eigenvalue weighted by Crippen LogP contribution is 2.42. The van der Waals surface area contributed by atoms with Crippen molar-refractivity contribution in [3.05, 3.63) is 51.7 Å². The summed E-state index contributed by atoms with van der Waals surface area (Å²) in [7, 11) is -7.70. The van der Waals surface area contributed by atoms with Crippen LogP contribution in [0.25, 0.3) is 0 Å². The molecule has 1 fully saturated rings. The van der Waals surface area contributed by atoms with Crippen LogP contribution in [0.3, 0.4) is 0 Å². The van der Waals surface area contributed by atoms with Crippen LogP contribution >= 0.6 is 0 Å². The van der Waals surface area contributed by atoms with Crippen molar-refractivity contribution in [1.29, 1.82) is 0 Å². The van der Waals surface area contributed by atoms with Gasteiger partial charge in [-0.1, -0.05) is 53.7 Å². The maximum Gasteiger partial charge on any atom is 0.325 e. The van der Waals surface area contributed by atoms with Crippen LogP contribution in [0.15, 0.2) is 36.0 Å². The lowest BCUT2D eigenvalue weighted by atomic mass is 10.1. The smallest absolute Gasteiger partial charge is 0.325 e. The molecule has 0 saturated carbocycles. The van der Waals surface area contributed by atoms with Gasteiger partial charge in [-0.3, -0.25) is 15.0 Å². The summed E-state index contributed by atoms with van der Waals surface area (Å²) in [4.78, 5) is 25.8. The summed E-state index contributed by atoms with van der Waals surface area (Å²) in [6.45, 7) is 23.4. The topological polar surface area (TPSA) is 156 Å². The minimum Gasteiger partial charge on any atom is -0.414 e. The highest BCUT2D eigenvalue weighted by Gasteiger charge is 2.48. The fourth-order valence-electron chi connectivity index (χ4n) is 4.61. The number of carbonyl (C=O) groups is 1. The maximum absolute atomic E-state index is 13.3. The number of urea groups is 1. The number of carbonyl (C=O) groups excluding carboxylic acids is 1. The molecule has 0 radical (unpaired) electrons. The van der Waals surface area contributed by atoms with Crippen molar-refractivity contribution in [2.24, 2.45) is 0 Å². The third kappa shape index (κ3) is 9.24. The molecule has 260 valence electrons. The van der Waals surface area contributed by atoms with Gasteiger partial charge in [0.05, 0.1) is 35.9 Å². The lowest BCUT2D eigenvalue weighted by Crippen LogP contribution is -2.53. The van der Waals surface area contributed by atoms with Crippen molar-refractivity contribution in [3.63, 3.8) is 0 Å².